The molecule has 2 rings (SSSR count). The van der Waals surface area contributed by atoms with Crippen LogP contribution in [-0.2, 0) is 9.53 Å². The van der Waals surface area contributed by atoms with Gasteiger partial charge in [-0.2, -0.15) is 0 Å². The first-order valence-corrected chi connectivity index (χ1v) is 6.52. The molecule has 0 unspecified atom stereocenters. The molecule has 108 valence electrons. The Kier molecular flexibility index (Phi) is 5.01. The Bertz CT molecular complexity index is 511. The molecular formula is C15H19NO4. The van der Waals surface area contributed by atoms with E-state index >= 15 is 0 Å². The topological polar surface area (TPSA) is 56.8 Å². The lowest BCUT2D eigenvalue weighted by Gasteiger charge is -2.16. The average molecular weight is 277 g/mol. The molecule has 1 heterocycles. The monoisotopic (exact) mass is 277 g/mol. The number of esters is 1. The quantitative estimate of drug-likeness (QED) is 0.829. The third-order valence-electron chi connectivity index (χ3n) is 3.17. The van der Waals surface area contributed by atoms with E-state index in [1.54, 1.807) is 7.11 Å². The van der Waals surface area contributed by atoms with Crippen LogP contribution in [0.5, 0.6) is 11.5 Å². The summed E-state index contributed by atoms with van der Waals surface area (Å²) >= 11 is 0. The Balaban J connectivity index is 2.15. The van der Waals surface area contributed by atoms with Crippen molar-refractivity contribution in [1.82, 2.24) is 5.32 Å². The number of hydrogen-bond acceptors (Lipinski definition) is 5. The summed E-state index contributed by atoms with van der Waals surface area (Å²) in [5, 5.41) is 3.28. The maximum Gasteiger partial charge on any atom is 0.343 e. The van der Waals surface area contributed by atoms with E-state index in [1.807, 2.05) is 18.2 Å². The zero-order valence-corrected chi connectivity index (χ0v) is 11.8. The summed E-state index contributed by atoms with van der Waals surface area (Å²) in [6, 6.07) is 5.73. The van der Waals surface area contributed by atoms with Gasteiger partial charge < -0.3 is 19.5 Å². The number of carbonyl (C=O) groups excluding carboxylic acids is 1. The molecule has 0 amide bonds. The van der Waals surface area contributed by atoms with Crippen LogP contribution >= 0.6 is 0 Å². The van der Waals surface area contributed by atoms with Crippen molar-refractivity contribution in [3.63, 3.8) is 0 Å². The average Bonchev–Trinajstić information content (AvgIpc) is 2.53. The van der Waals surface area contributed by atoms with Crippen LogP contribution in [0.15, 0.2) is 24.3 Å². The van der Waals surface area contributed by atoms with Gasteiger partial charge in [-0.05, 0) is 36.2 Å². The number of carbonyl (C=O) groups is 1. The van der Waals surface area contributed by atoms with Crippen molar-refractivity contribution in [2.45, 2.75) is 6.42 Å². The van der Waals surface area contributed by atoms with Crippen LogP contribution in [0.25, 0.3) is 5.57 Å². The fourth-order valence-electron chi connectivity index (χ4n) is 2.07. The molecule has 1 aromatic rings. The van der Waals surface area contributed by atoms with Gasteiger partial charge in [0.15, 0.2) is 18.1 Å². The zero-order valence-electron chi connectivity index (χ0n) is 11.8. The maximum atomic E-state index is 11.1. The van der Waals surface area contributed by atoms with Gasteiger partial charge in [0.1, 0.15) is 0 Å². The Morgan fingerprint density at radius 3 is 2.80 bits per heavy atom. The van der Waals surface area contributed by atoms with Gasteiger partial charge in [0, 0.05) is 6.54 Å². The van der Waals surface area contributed by atoms with E-state index in [0.29, 0.717) is 11.5 Å². The molecule has 0 spiro atoms. The second-order valence-corrected chi connectivity index (χ2v) is 4.41. The molecule has 1 aliphatic rings. The van der Waals surface area contributed by atoms with Crippen LogP contribution in [0, 0.1) is 0 Å². The second kappa shape index (κ2) is 6.96. The number of ether oxygens (including phenoxy) is 3. The van der Waals surface area contributed by atoms with Crippen molar-refractivity contribution in [3.8, 4) is 11.5 Å². The van der Waals surface area contributed by atoms with E-state index in [-0.39, 0.29) is 6.61 Å². The third-order valence-corrected chi connectivity index (χ3v) is 3.17. The van der Waals surface area contributed by atoms with E-state index in [9.17, 15) is 4.79 Å². The molecule has 1 aliphatic heterocycles. The summed E-state index contributed by atoms with van der Waals surface area (Å²) in [5.74, 6) is 0.735. The molecule has 20 heavy (non-hydrogen) atoms. The molecule has 0 fully saturated rings. The normalized spacial score (nSPS) is 14.4. The van der Waals surface area contributed by atoms with Crippen molar-refractivity contribution in [2.24, 2.45) is 0 Å². The fourth-order valence-corrected chi connectivity index (χ4v) is 2.07. The second-order valence-electron chi connectivity index (χ2n) is 4.41. The van der Waals surface area contributed by atoms with Crippen molar-refractivity contribution in [1.29, 1.82) is 0 Å². The molecule has 1 N–H and O–H groups in total. The minimum Gasteiger partial charge on any atom is -0.493 e. The zero-order chi connectivity index (χ0) is 14.4. The van der Waals surface area contributed by atoms with Gasteiger partial charge in [-0.15, -0.1) is 0 Å². The van der Waals surface area contributed by atoms with Gasteiger partial charge >= 0.3 is 5.97 Å². The summed E-state index contributed by atoms with van der Waals surface area (Å²) in [5.41, 5.74) is 2.41. The van der Waals surface area contributed by atoms with Crippen LogP contribution in [0.1, 0.15) is 12.0 Å². The largest absolute Gasteiger partial charge is 0.493 e. The van der Waals surface area contributed by atoms with Crippen LogP contribution in [0.4, 0.5) is 0 Å². The SMILES string of the molecule is COC(=O)COc1ccc(C2=CCNCC2)cc1OC. The number of benzene rings is 1. The first-order chi connectivity index (χ1) is 9.74. The fraction of sp³-hybridized carbons (Fsp3) is 0.400. The number of hydrogen-bond donors (Lipinski definition) is 1. The molecule has 5 nitrogen and oxygen atoms in total. The Morgan fingerprint density at radius 2 is 2.15 bits per heavy atom. The summed E-state index contributed by atoms with van der Waals surface area (Å²) in [7, 11) is 2.91. The number of methoxy groups -OCH3 is 2. The van der Waals surface area contributed by atoms with Gasteiger partial charge in [-0.3, -0.25) is 0 Å². The first kappa shape index (κ1) is 14.4. The van der Waals surface area contributed by atoms with Gasteiger partial charge in [-0.1, -0.05) is 12.1 Å². The summed E-state index contributed by atoms with van der Waals surface area (Å²) in [4.78, 5) is 11.1. The van der Waals surface area contributed by atoms with Crippen LogP contribution in [-0.4, -0.2) is 39.9 Å². The van der Waals surface area contributed by atoms with Crippen molar-refractivity contribution in [2.75, 3.05) is 33.9 Å². The van der Waals surface area contributed by atoms with Crippen molar-refractivity contribution < 1.29 is 19.0 Å². The van der Waals surface area contributed by atoms with Gasteiger partial charge in [0.2, 0.25) is 0 Å². The lowest BCUT2D eigenvalue weighted by Crippen LogP contribution is -2.20. The van der Waals surface area contributed by atoms with Crippen molar-refractivity contribution >= 4 is 11.5 Å². The highest BCUT2D eigenvalue weighted by Gasteiger charge is 2.11. The molecule has 0 saturated carbocycles. The molecule has 0 atom stereocenters. The maximum absolute atomic E-state index is 11.1. The molecule has 0 aromatic heterocycles. The Hall–Kier alpha value is -2.01. The smallest absolute Gasteiger partial charge is 0.343 e. The van der Waals surface area contributed by atoms with Gasteiger partial charge in [0.05, 0.1) is 14.2 Å². The van der Waals surface area contributed by atoms with E-state index in [1.165, 1.54) is 12.7 Å². The summed E-state index contributed by atoms with van der Waals surface area (Å²) in [6.07, 6.45) is 3.17. The van der Waals surface area contributed by atoms with E-state index in [2.05, 4.69) is 16.1 Å². The minimum atomic E-state index is -0.419. The predicted octanol–water partition coefficient (Wildman–Crippen LogP) is 1.62. The standard InChI is InChI=1S/C15H19NO4/c1-18-14-9-12(11-5-7-16-8-6-11)3-4-13(14)20-10-15(17)19-2/h3-5,9,16H,6-8,10H2,1-2H3. The lowest BCUT2D eigenvalue weighted by molar-refractivity contribution is -0.142. The van der Waals surface area contributed by atoms with Crippen LogP contribution in [0.2, 0.25) is 0 Å². The first-order valence-electron chi connectivity index (χ1n) is 6.52. The van der Waals surface area contributed by atoms with Gasteiger partial charge in [-0.25, -0.2) is 4.79 Å². The Morgan fingerprint density at radius 1 is 1.30 bits per heavy atom. The van der Waals surface area contributed by atoms with E-state index < -0.39 is 5.97 Å². The van der Waals surface area contributed by atoms with Gasteiger partial charge in [0.25, 0.3) is 0 Å². The molecule has 0 saturated heterocycles. The lowest BCUT2D eigenvalue weighted by atomic mass is 10.00. The third kappa shape index (κ3) is 3.51. The van der Waals surface area contributed by atoms with Crippen molar-refractivity contribution in [3.05, 3.63) is 29.8 Å². The highest BCUT2D eigenvalue weighted by atomic mass is 16.6. The summed E-state index contributed by atoms with van der Waals surface area (Å²) in [6.45, 7) is 1.74. The Labute approximate surface area is 118 Å². The molecule has 0 bridgehead atoms. The van der Waals surface area contributed by atoms with Crippen LogP contribution in [0.3, 0.4) is 0 Å². The van der Waals surface area contributed by atoms with E-state index in [0.717, 1.165) is 25.1 Å². The number of nitrogens with one attached hydrogen (secondary N) is 1. The minimum absolute atomic E-state index is 0.126. The van der Waals surface area contributed by atoms with Crippen LogP contribution < -0.4 is 14.8 Å². The predicted molar refractivity (Wildman–Crippen MR) is 76.0 cm³/mol. The molecule has 1 aromatic carbocycles. The molecule has 0 aliphatic carbocycles. The highest BCUT2D eigenvalue weighted by molar-refractivity contribution is 5.72. The van der Waals surface area contributed by atoms with E-state index in [4.69, 9.17) is 9.47 Å². The molecule has 0 radical (unpaired) electrons. The highest BCUT2D eigenvalue weighted by Crippen LogP contribution is 2.32. The summed E-state index contributed by atoms with van der Waals surface area (Å²) < 4.78 is 15.3. The molecule has 5 heteroatoms. The number of rotatable bonds is 5. The molecular weight excluding hydrogens is 258 g/mol.